The summed E-state index contributed by atoms with van der Waals surface area (Å²) in [7, 11) is 0. The first-order valence-corrected chi connectivity index (χ1v) is 4.80. The summed E-state index contributed by atoms with van der Waals surface area (Å²) >= 11 is 0. The van der Waals surface area contributed by atoms with Gasteiger partial charge in [0.15, 0.2) is 0 Å². The van der Waals surface area contributed by atoms with Crippen LogP contribution in [0.15, 0.2) is 24.3 Å². The van der Waals surface area contributed by atoms with Gasteiger partial charge in [0, 0.05) is 11.6 Å². The molecule has 0 radical (unpaired) electrons. The highest BCUT2D eigenvalue weighted by atomic mass is 19.1. The highest BCUT2D eigenvalue weighted by Gasteiger charge is 2.15. The summed E-state index contributed by atoms with van der Waals surface area (Å²) in [6.07, 6.45) is -0.00519. The molecule has 82 valence electrons. The van der Waals surface area contributed by atoms with E-state index in [2.05, 4.69) is 0 Å². The van der Waals surface area contributed by atoms with Crippen LogP contribution in [-0.2, 0) is 9.53 Å². The van der Waals surface area contributed by atoms with Gasteiger partial charge in [-0.3, -0.25) is 4.79 Å². The zero-order valence-corrected chi connectivity index (χ0v) is 8.57. The molecule has 4 heteroatoms. The maximum Gasteiger partial charge on any atom is 0.307 e. The first-order chi connectivity index (χ1) is 7.15. The fourth-order valence-electron chi connectivity index (χ4n) is 1.29. The molecule has 0 aromatic heterocycles. The molecule has 0 amide bonds. The molecule has 0 saturated heterocycles. The van der Waals surface area contributed by atoms with Gasteiger partial charge in [-0.2, -0.15) is 0 Å². The minimum Gasteiger partial charge on any atom is -0.466 e. The van der Waals surface area contributed by atoms with E-state index in [1.54, 1.807) is 25.1 Å². The molecule has 0 spiro atoms. The molecule has 1 aromatic carbocycles. The van der Waals surface area contributed by atoms with Crippen LogP contribution in [0.5, 0.6) is 0 Å². The zero-order valence-electron chi connectivity index (χ0n) is 8.57. The van der Waals surface area contributed by atoms with Gasteiger partial charge in [0.25, 0.3) is 0 Å². The Morgan fingerprint density at radius 3 is 2.80 bits per heavy atom. The van der Waals surface area contributed by atoms with E-state index in [1.807, 2.05) is 0 Å². The molecule has 0 aliphatic heterocycles. The molecule has 0 bridgehead atoms. The molecule has 1 rings (SSSR count). The van der Waals surface area contributed by atoms with Crippen molar-refractivity contribution >= 4 is 5.97 Å². The molecule has 1 aromatic rings. The number of benzene rings is 1. The van der Waals surface area contributed by atoms with Crippen LogP contribution < -0.4 is 5.73 Å². The largest absolute Gasteiger partial charge is 0.466 e. The van der Waals surface area contributed by atoms with E-state index in [-0.39, 0.29) is 6.42 Å². The van der Waals surface area contributed by atoms with Crippen LogP contribution in [0.2, 0.25) is 0 Å². The molecule has 2 N–H and O–H groups in total. The number of rotatable bonds is 4. The lowest BCUT2D eigenvalue weighted by atomic mass is 10.0. The van der Waals surface area contributed by atoms with Crippen molar-refractivity contribution in [2.45, 2.75) is 19.4 Å². The van der Waals surface area contributed by atoms with Gasteiger partial charge < -0.3 is 10.5 Å². The molecular formula is C11H14FNO2. The lowest BCUT2D eigenvalue weighted by molar-refractivity contribution is -0.143. The van der Waals surface area contributed by atoms with Crippen molar-refractivity contribution in [3.8, 4) is 0 Å². The summed E-state index contributed by atoms with van der Waals surface area (Å²) in [6, 6.07) is 5.50. The summed E-state index contributed by atoms with van der Waals surface area (Å²) in [6.45, 7) is 2.02. The first-order valence-electron chi connectivity index (χ1n) is 4.80. The predicted octanol–water partition coefficient (Wildman–Crippen LogP) is 1.78. The van der Waals surface area contributed by atoms with Gasteiger partial charge in [0.1, 0.15) is 5.82 Å². The molecule has 15 heavy (non-hydrogen) atoms. The number of carbonyl (C=O) groups is 1. The van der Waals surface area contributed by atoms with Crippen LogP contribution in [0.1, 0.15) is 24.9 Å². The summed E-state index contributed by atoms with van der Waals surface area (Å²) < 4.78 is 18.0. The SMILES string of the molecule is CCOC(=O)C[C@@H](N)c1ccccc1F. The Bertz CT molecular complexity index is 341. The van der Waals surface area contributed by atoms with Crippen LogP contribution in [0, 0.1) is 5.82 Å². The molecule has 3 nitrogen and oxygen atoms in total. The van der Waals surface area contributed by atoms with E-state index in [0.717, 1.165) is 0 Å². The highest BCUT2D eigenvalue weighted by Crippen LogP contribution is 2.17. The maximum absolute atomic E-state index is 13.2. The normalized spacial score (nSPS) is 12.2. The average Bonchev–Trinajstić information content (AvgIpc) is 2.18. The topological polar surface area (TPSA) is 52.3 Å². The van der Waals surface area contributed by atoms with Crippen LogP contribution in [0.4, 0.5) is 4.39 Å². The van der Waals surface area contributed by atoms with E-state index >= 15 is 0 Å². The van der Waals surface area contributed by atoms with Crippen LogP contribution >= 0.6 is 0 Å². The zero-order chi connectivity index (χ0) is 11.3. The molecule has 0 unspecified atom stereocenters. The highest BCUT2D eigenvalue weighted by molar-refractivity contribution is 5.70. The Morgan fingerprint density at radius 2 is 2.20 bits per heavy atom. The van der Waals surface area contributed by atoms with Crippen molar-refractivity contribution in [1.29, 1.82) is 0 Å². The molecule has 0 aliphatic carbocycles. The van der Waals surface area contributed by atoms with Crippen LogP contribution in [-0.4, -0.2) is 12.6 Å². The van der Waals surface area contributed by atoms with E-state index in [0.29, 0.717) is 12.2 Å². The summed E-state index contributed by atoms with van der Waals surface area (Å²) in [5, 5.41) is 0. The molecule has 0 fully saturated rings. The van der Waals surface area contributed by atoms with Gasteiger partial charge in [0.05, 0.1) is 13.0 Å². The van der Waals surface area contributed by atoms with E-state index < -0.39 is 17.8 Å². The smallest absolute Gasteiger partial charge is 0.307 e. The minimum absolute atomic E-state index is 0.00519. The second-order valence-corrected chi connectivity index (χ2v) is 3.14. The monoisotopic (exact) mass is 211 g/mol. The van der Waals surface area contributed by atoms with Gasteiger partial charge in [-0.05, 0) is 13.0 Å². The number of hydrogen-bond acceptors (Lipinski definition) is 3. The van der Waals surface area contributed by atoms with Crippen molar-refractivity contribution in [1.82, 2.24) is 0 Å². The summed E-state index contributed by atoms with van der Waals surface area (Å²) in [5.41, 5.74) is 6.02. The third-order valence-electron chi connectivity index (χ3n) is 2.00. The Hall–Kier alpha value is -1.42. The first kappa shape index (κ1) is 11.7. The number of hydrogen-bond donors (Lipinski definition) is 1. The van der Waals surface area contributed by atoms with Gasteiger partial charge in [-0.25, -0.2) is 4.39 Å². The Kier molecular flexibility index (Phi) is 4.24. The van der Waals surface area contributed by atoms with E-state index in [9.17, 15) is 9.18 Å². The number of halogens is 1. The van der Waals surface area contributed by atoms with Crippen molar-refractivity contribution in [3.05, 3.63) is 35.6 Å². The van der Waals surface area contributed by atoms with Crippen molar-refractivity contribution in [2.24, 2.45) is 5.73 Å². The second-order valence-electron chi connectivity index (χ2n) is 3.14. The van der Waals surface area contributed by atoms with Crippen molar-refractivity contribution < 1.29 is 13.9 Å². The third kappa shape index (κ3) is 3.32. The Balaban J connectivity index is 2.65. The number of carbonyl (C=O) groups excluding carboxylic acids is 1. The van der Waals surface area contributed by atoms with Gasteiger partial charge in [-0.1, -0.05) is 18.2 Å². The third-order valence-corrected chi connectivity index (χ3v) is 2.00. The maximum atomic E-state index is 13.2. The lowest BCUT2D eigenvalue weighted by Crippen LogP contribution is -2.18. The molecule has 1 atom stereocenters. The minimum atomic E-state index is -0.648. The van der Waals surface area contributed by atoms with Crippen molar-refractivity contribution in [3.63, 3.8) is 0 Å². The molecule has 0 heterocycles. The van der Waals surface area contributed by atoms with Gasteiger partial charge in [0.2, 0.25) is 0 Å². The molecule has 0 aliphatic rings. The van der Waals surface area contributed by atoms with Gasteiger partial charge in [-0.15, -0.1) is 0 Å². The number of nitrogens with two attached hydrogens (primary N) is 1. The van der Waals surface area contributed by atoms with Crippen molar-refractivity contribution in [2.75, 3.05) is 6.61 Å². The van der Waals surface area contributed by atoms with Crippen LogP contribution in [0.25, 0.3) is 0 Å². The molecular weight excluding hydrogens is 197 g/mol. The Labute approximate surface area is 88.0 Å². The standard InChI is InChI=1S/C11H14FNO2/c1-2-15-11(14)7-10(13)8-5-3-4-6-9(8)12/h3-6,10H,2,7,13H2,1H3/t10-/m1/s1. The van der Waals surface area contributed by atoms with E-state index in [4.69, 9.17) is 10.5 Å². The fraction of sp³-hybridized carbons (Fsp3) is 0.364. The lowest BCUT2D eigenvalue weighted by Gasteiger charge is -2.11. The summed E-state index contributed by atoms with van der Waals surface area (Å²) in [5.74, 6) is -0.803. The van der Waals surface area contributed by atoms with Gasteiger partial charge >= 0.3 is 5.97 Å². The van der Waals surface area contributed by atoms with E-state index in [1.165, 1.54) is 6.07 Å². The fourth-order valence-corrected chi connectivity index (χ4v) is 1.29. The summed E-state index contributed by atoms with van der Waals surface area (Å²) in [4.78, 5) is 11.1. The molecule has 0 saturated carbocycles. The average molecular weight is 211 g/mol. The second kappa shape index (κ2) is 5.46. The predicted molar refractivity (Wildman–Crippen MR) is 54.6 cm³/mol. The Morgan fingerprint density at radius 1 is 1.53 bits per heavy atom. The number of ether oxygens (including phenoxy) is 1. The quantitative estimate of drug-likeness (QED) is 0.772. The number of esters is 1. The van der Waals surface area contributed by atoms with Crippen LogP contribution in [0.3, 0.4) is 0 Å².